The van der Waals surface area contributed by atoms with Crippen LogP contribution in [-0.2, 0) is 18.9 Å². The number of hydrogen-bond donors (Lipinski definition) is 2. The maximum absolute atomic E-state index is 9.05. The molecule has 0 fully saturated rings. The van der Waals surface area contributed by atoms with Gasteiger partial charge in [-0.1, -0.05) is 65.3 Å². The maximum Gasteiger partial charge on any atom is 0.0700 e. The van der Waals surface area contributed by atoms with Gasteiger partial charge in [-0.15, -0.1) is 0 Å². The van der Waals surface area contributed by atoms with Crippen LogP contribution in [0.15, 0.2) is 0 Å². The van der Waals surface area contributed by atoms with E-state index in [1.165, 1.54) is 0 Å². The molecule has 0 aromatic rings. The summed E-state index contributed by atoms with van der Waals surface area (Å²) in [7, 11) is 8.15. The molecule has 0 aliphatic rings. The Kier molecular flexibility index (Phi) is 78.8. The van der Waals surface area contributed by atoms with E-state index in [4.69, 9.17) is 24.4 Å². The Balaban J connectivity index is -0.0000000272. The summed E-state index contributed by atoms with van der Waals surface area (Å²) >= 11 is 0. The van der Waals surface area contributed by atoms with Gasteiger partial charge in [-0.05, 0) is 6.42 Å². The van der Waals surface area contributed by atoms with Crippen molar-refractivity contribution in [2.24, 2.45) is 10.8 Å². The zero-order valence-corrected chi connectivity index (χ0v) is 28.8. The van der Waals surface area contributed by atoms with Gasteiger partial charge < -0.3 is 29.2 Å². The van der Waals surface area contributed by atoms with Crippen molar-refractivity contribution in [2.45, 2.75) is 71.8 Å². The van der Waals surface area contributed by atoms with E-state index in [1.807, 2.05) is 20.8 Å². The van der Waals surface area contributed by atoms with Crippen molar-refractivity contribution < 1.29 is 29.2 Å². The average molecular weight is 953 g/mol. The number of hydrogen-bond acceptors (Lipinski definition) is 6. The molecule has 8 heteroatoms. The second-order valence-corrected chi connectivity index (χ2v) is 6.03. The minimum Gasteiger partial charge on any atom is -0.555 e. The van der Waals surface area contributed by atoms with Crippen LogP contribution in [0, 0.1) is 25.0 Å². The summed E-state index contributed by atoms with van der Waals surface area (Å²) in [5, 5.41) is 17.9. The first kappa shape index (κ1) is 63.0. The standard InChI is InChI=1S/C9H19O4.C7H15O2.6CH4.2Rf/c1-9(6-10,7-12-3)8-13-5-4-11-2;1-4-7(2,5-8)6-9-3;;;;;;;;/h10H,3-8H2,1-2H3;8H,3-6H2,1-2H3;6*1H4;;/q2*-1;;;;;;;;. The zero-order chi connectivity index (χ0) is 17.5. The smallest absolute Gasteiger partial charge is 0.0700 e. The van der Waals surface area contributed by atoms with Gasteiger partial charge in [0.15, 0.2) is 0 Å². The predicted octanol–water partition coefficient (Wildman–Crippen LogP) is 5.48. The number of aliphatic hydroxyl groups excluding tert-OH is 2. The number of methoxy groups -OCH3 is 1. The Labute approximate surface area is 179 Å². The first-order valence-corrected chi connectivity index (χ1v) is 7.39. The molecular weight excluding hydrogens is 894 g/mol. The van der Waals surface area contributed by atoms with Gasteiger partial charge in [0, 0.05) is 31.2 Å². The Morgan fingerprint density at radius 1 is 0.700 bits per heavy atom. The topological polar surface area (TPSA) is 77.4 Å². The molecule has 0 heterocycles. The van der Waals surface area contributed by atoms with Gasteiger partial charge in [0.1, 0.15) is 0 Å². The fraction of sp³-hybridized carbons (Fsp3) is 0.909. The summed E-state index contributed by atoms with van der Waals surface area (Å²) in [4.78, 5) is 0. The van der Waals surface area contributed by atoms with Gasteiger partial charge >= 0.3 is 0 Å². The third-order valence-corrected chi connectivity index (χ3v) is 3.40. The Morgan fingerprint density at radius 3 is 1.30 bits per heavy atom. The second kappa shape index (κ2) is 37.5. The molecular formula is C22H58O6Rf2-2. The van der Waals surface area contributed by atoms with Crippen LogP contribution in [-0.4, -0.2) is 63.6 Å². The number of ether oxygens (including phenoxy) is 4. The largest absolute Gasteiger partial charge is 0.555 e. The molecule has 0 spiro atoms. The van der Waals surface area contributed by atoms with Crippen molar-refractivity contribution in [3.63, 3.8) is 0 Å². The Bertz CT molecular complexity index is 246. The molecule has 0 amide bonds. The SMILES string of the molecule is C.C.C.C.C.C.[CH2-]OCC(C)(CC)CO.[CH2-]OCC(C)(CO)COCCOC.[Rf].[Rf]. The van der Waals surface area contributed by atoms with Gasteiger partial charge in [0.05, 0.1) is 33.0 Å². The van der Waals surface area contributed by atoms with Crippen molar-refractivity contribution in [3.8, 4) is 0 Å². The predicted molar refractivity (Wildman–Crippen MR) is 126 cm³/mol. The third kappa shape index (κ3) is 33.4. The zero-order valence-electron chi connectivity index (χ0n) is 16.0. The van der Waals surface area contributed by atoms with E-state index in [-0.39, 0.29) is 68.6 Å². The van der Waals surface area contributed by atoms with Gasteiger partial charge in [-0.25, -0.2) is 14.2 Å². The van der Waals surface area contributed by atoms with Crippen molar-refractivity contribution in [1.82, 2.24) is 0 Å². The molecule has 0 aromatic heterocycles. The summed E-state index contributed by atoms with van der Waals surface area (Å²) in [6.45, 7) is 8.52. The van der Waals surface area contributed by atoms with Crippen LogP contribution < -0.4 is 0 Å². The van der Waals surface area contributed by atoms with Crippen LogP contribution in [0.4, 0.5) is 0 Å². The molecule has 0 saturated carbocycles. The van der Waals surface area contributed by atoms with Crippen LogP contribution in [0.25, 0.3) is 0 Å². The van der Waals surface area contributed by atoms with E-state index in [1.54, 1.807) is 7.11 Å². The van der Waals surface area contributed by atoms with Gasteiger partial charge in [0.25, 0.3) is 0 Å². The summed E-state index contributed by atoms with van der Waals surface area (Å²) in [6, 6.07) is 0. The quantitative estimate of drug-likeness (QED) is 0.200. The Morgan fingerprint density at radius 2 is 1.07 bits per heavy atom. The molecule has 0 rings (SSSR count). The normalized spacial score (nSPS) is 12.0. The van der Waals surface area contributed by atoms with Crippen LogP contribution >= 0.6 is 0 Å². The van der Waals surface area contributed by atoms with Crippen molar-refractivity contribution >= 4 is 0 Å². The third-order valence-electron chi connectivity index (χ3n) is 3.40. The van der Waals surface area contributed by atoms with Crippen LogP contribution in [0.3, 0.4) is 0 Å². The fourth-order valence-electron chi connectivity index (χ4n) is 1.35. The molecule has 30 heavy (non-hydrogen) atoms. The van der Waals surface area contributed by atoms with Gasteiger partial charge in [-0.3, -0.25) is 0 Å². The van der Waals surface area contributed by atoms with Crippen molar-refractivity contribution in [2.75, 3.05) is 53.4 Å². The van der Waals surface area contributed by atoms with E-state index < -0.39 is 0 Å². The molecule has 0 aliphatic heterocycles. The minimum absolute atomic E-state index is 0. The minimum atomic E-state index is -0.366. The maximum atomic E-state index is 9.05. The van der Waals surface area contributed by atoms with Crippen molar-refractivity contribution in [1.29, 1.82) is 0 Å². The fourth-order valence-corrected chi connectivity index (χ4v) is 1.35. The number of rotatable bonds is 12. The van der Waals surface area contributed by atoms with Gasteiger partial charge in [0.2, 0.25) is 0 Å². The first-order valence-electron chi connectivity index (χ1n) is 7.39. The van der Waals surface area contributed by atoms with Gasteiger partial charge in [-0.2, -0.15) is 0 Å². The molecule has 0 aliphatic carbocycles. The molecule has 188 valence electrons. The number of aliphatic hydroxyl groups is 2. The average Bonchev–Trinajstić information content (AvgIpc) is 2.52. The summed E-state index contributed by atoms with van der Waals surface area (Å²) < 4.78 is 19.5. The molecule has 2 unspecified atom stereocenters. The molecule has 0 aromatic carbocycles. The molecule has 2 atom stereocenters. The monoisotopic (exact) mass is 953 g/mol. The first-order chi connectivity index (χ1) is 10.4. The van der Waals surface area contributed by atoms with E-state index in [2.05, 4.69) is 19.0 Å². The summed E-state index contributed by atoms with van der Waals surface area (Å²) in [5.41, 5.74) is -0.461. The van der Waals surface area contributed by atoms with E-state index in [0.717, 1.165) is 6.42 Å². The molecule has 0 saturated heterocycles. The molecule has 6 nitrogen and oxygen atoms in total. The van der Waals surface area contributed by atoms with Crippen LogP contribution in [0.5, 0.6) is 0 Å². The van der Waals surface area contributed by atoms with Crippen LogP contribution in [0.2, 0.25) is 0 Å². The van der Waals surface area contributed by atoms with Crippen molar-refractivity contribution in [3.05, 3.63) is 14.2 Å². The van der Waals surface area contributed by atoms with E-state index in [0.29, 0.717) is 33.0 Å². The van der Waals surface area contributed by atoms with Crippen LogP contribution in [0.1, 0.15) is 71.8 Å². The Hall–Kier alpha value is -2.24. The summed E-state index contributed by atoms with van der Waals surface area (Å²) in [6.07, 6.45) is 0.916. The molecule has 0 radical (unpaired) electrons. The second-order valence-electron chi connectivity index (χ2n) is 6.03. The van der Waals surface area contributed by atoms with E-state index >= 15 is 0 Å². The van der Waals surface area contributed by atoms with E-state index in [9.17, 15) is 0 Å². The molecule has 0 bridgehead atoms. The summed E-state index contributed by atoms with van der Waals surface area (Å²) in [5.74, 6) is 0. The molecule has 2 N–H and O–H groups in total.